The first kappa shape index (κ1) is 14.6. The molecule has 1 N–H and O–H groups in total. The lowest BCUT2D eigenvalue weighted by atomic mass is 10.0. The molecule has 2 aromatic rings. The van der Waals surface area contributed by atoms with Crippen LogP contribution in [0.5, 0.6) is 0 Å². The maximum Gasteiger partial charge on any atom is 0.407 e. The third-order valence-corrected chi connectivity index (χ3v) is 4.23. The Balaban J connectivity index is 1.82. The molecule has 0 heterocycles. The molecular weight excluding hydrogens is 274 g/mol. The van der Waals surface area contributed by atoms with Gasteiger partial charge in [0, 0.05) is 17.9 Å². The van der Waals surface area contributed by atoms with E-state index < -0.39 is 0 Å². The van der Waals surface area contributed by atoms with Gasteiger partial charge in [-0.25, -0.2) is 4.79 Å². The van der Waals surface area contributed by atoms with Gasteiger partial charge in [-0.15, -0.1) is 0 Å². The molecule has 114 valence electrons. The van der Waals surface area contributed by atoms with Gasteiger partial charge in [-0.2, -0.15) is 0 Å². The minimum atomic E-state index is -0.331. The molecule has 1 aliphatic carbocycles. The molecule has 1 saturated carbocycles. The normalized spacial score (nSPS) is 22.9. The van der Waals surface area contributed by atoms with Crippen molar-refractivity contribution in [2.45, 2.75) is 31.7 Å². The molecule has 0 spiro atoms. The fourth-order valence-electron chi connectivity index (χ4n) is 3.09. The zero-order valence-corrected chi connectivity index (χ0v) is 13.0. The lowest BCUT2D eigenvalue weighted by Crippen LogP contribution is -2.28. The molecular formula is C19H21NO2. The first-order chi connectivity index (χ1) is 10.7. The van der Waals surface area contributed by atoms with Gasteiger partial charge in [0.25, 0.3) is 0 Å². The van der Waals surface area contributed by atoms with Crippen LogP contribution in [0.4, 0.5) is 4.79 Å². The van der Waals surface area contributed by atoms with Crippen molar-refractivity contribution in [3.05, 3.63) is 71.3 Å². The Morgan fingerprint density at radius 3 is 2.18 bits per heavy atom. The van der Waals surface area contributed by atoms with Gasteiger partial charge in [-0.05, 0) is 25.0 Å². The molecule has 2 aromatic carbocycles. The first-order valence-electron chi connectivity index (χ1n) is 7.75. The number of benzene rings is 2. The Hall–Kier alpha value is -2.29. The van der Waals surface area contributed by atoms with E-state index in [1.165, 1.54) is 16.7 Å². The number of amides is 1. The van der Waals surface area contributed by atoms with E-state index in [-0.39, 0.29) is 12.1 Å². The van der Waals surface area contributed by atoms with E-state index in [0.717, 1.165) is 0 Å². The van der Waals surface area contributed by atoms with E-state index >= 15 is 0 Å². The molecule has 3 heteroatoms. The fraction of sp³-hybridized carbons (Fsp3) is 0.316. The number of hydrogen-bond donors (Lipinski definition) is 1. The lowest BCUT2D eigenvalue weighted by molar-refractivity contribution is 0.151. The van der Waals surface area contributed by atoms with Crippen LogP contribution in [0, 0.1) is 6.92 Å². The summed E-state index contributed by atoms with van der Waals surface area (Å²) >= 11 is 0. The summed E-state index contributed by atoms with van der Waals surface area (Å²) in [5, 5.41) is 3.01. The third kappa shape index (κ3) is 2.98. The van der Waals surface area contributed by atoms with Gasteiger partial charge in [0.15, 0.2) is 0 Å². The summed E-state index contributed by atoms with van der Waals surface area (Å²) in [5.41, 5.74) is 3.77. The van der Waals surface area contributed by atoms with E-state index in [0.29, 0.717) is 18.4 Å². The molecule has 0 radical (unpaired) electrons. The number of carbonyl (C=O) groups excluding carboxylic acids is 1. The highest BCUT2D eigenvalue weighted by Gasteiger charge is 2.52. The number of ether oxygens (including phenoxy) is 1. The monoisotopic (exact) mass is 295 g/mol. The minimum absolute atomic E-state index is 0.101. The van der Waals surface area contributed by atoms with E-state index in [4.69, 9.17) is 4.74 Å². The smallest absolute Gasteiger partial charge is 0.407 e. The van der Waals surface area contributed by atoms with Crippen LogP contribution >= 0.6 is 0 Å². The van der Waals surface area contributed by atoms with E-state index in [2.05, 4.69) is 48.6 Å². The van der Waals surface area contributed by atoms with E-state index in [1.807, 2.05) is 25.1 Å². The Kier molecular flexibility index (Phi) is 4.14. The number of nitrogens with one attached hydrogen (secondary N) is 1. The molecule has 3 rings (SSSR count). The van der Waals surface area contributed by atoms with Crippen LogP contribution < -0.4 is 5.32 Å². The zero-order valence-electron chi connectivity index (χ0n) is 13.0. The molecule has 0 bridgehead atoms. The summed E-state index contributed by atoms with van der Waals surface area (Å²) in [6.07, 6.45) is -0.331. The van der Waals surface area contributed by atoms with Crippen molar-refractivity contribution in [2.75, 3.05) is 6.61 Å². The quantitative estimate of drug-likeness (QED) is 0.926. The first-order valence-corrected chi connectivity index (χ1v) is 7.75. The lowest BCUT2D eigenvalue weighted by Gasteiger charge is -2.04. The van der Waals surface area contributed by atoms with Crippen LogP contribution in [0.1, 0.15) is 35.4 Å². The summed E-state index contributed by atoms with van der Waals surface area (Å²) in [6, 6.07) is 19.0. The fourth-order valence-corrected chi connectivity index (χ4v) is 3.09. The number of rotatable bonds is 4. The molecule has 3 atom stereocenters. The van der Waals surface area contributed by atoms with Crippen molar-refractivity contribution in [1.82, 2.24) is 5.32 Å². The van der Waals surface area contributed by atoms with Crippen LogP contribution in [-0.2, 0) is 4.74 Å². The average molecular weight is 295 g/mol. The van der Waals surface area contributed by atoms with Crippen LogP contribution in [0.15, 0.2) is 54.6 Å². The van der Waals surface area contributed by atoms with Crippen molar-refractivity contribution < 1.29 is 9.53 Å². The van der Waals surface area contributed by atoms with Crippen LogP contribution in [-0.4, -0.2) is 18.7 Å². The topological polar surface area (TPSA) is 38.3 Å². The maximum atomic E-state index is 11.8. The third-order valence-electron chi connectivity index (χ3n) is 4.23. The predicted octanol–water partition coefficient (Wildman–Crippen LogP) is 3.99. The highest BCUT2D eigenvalue weighted by molar-refractivity contribution is 5.69. The Morgan fingerprint density at radius 2 is 1.59 bits per heavy atom. The predicted molar refractivity (Wildman–Crippen MR) is 87.0 cm³/mol. The van der Waals surface area contributed by atoms with Gasteiger partial charge in [0.05, 0.1) is 6.61 Å². The minimum Gasteiger partial charge on any atom is -0.450 e. The maximum absolute atomic E-state index is 11.8. The highest BCUT2D eigenvalue weighted by atomic mass is 16.5. The summed E-state index contributed by atoms with van der Waals surface area (Å²) in [7, 11) is 0. The summed E-state index contributed by atoms with van der Waals surface area (Å²) in [6.45, 7) is 4.29. The van der Waals surface area contributed by atoms with Gasteiger partial charge in [0.2, 0.25) is 0 Å². The second-order valence-electron chi connectivity index (χ2n) is 5.76. The summed E-state index contributed by atoms with van der Waals surface area (Å²) < 4.78 is 5.03. The molecule has 1 amide bonds. The number of alkyl carbamates (subject to hydrolysis) is 1. The number of hydrogen-bond acceptors (Lipinski definition) is 2. The molecule has 0 aromatic heterocycles. The highest BCUT2D eigenvalue weighted by Crippen LogP contribution is 2.54. The Labute approximate surface area is 131 Å². The van der Waals surface area contributed by atoms with Crippen molar-refractivity contribution in [2.24, 2.45) is 0 Å². The Bertz CT molecular complexity index is 636. The number of carbonyl (C=O) groups is 1. The summed E-state index contributed by atoms with van der Waals surface area (Å²) in [4.78, 5) is 11.8. The van der Waals surface area contributed by atoms with Crippen molar-refractivity contribution in [3.63, 3.8) is 0 Å². The van der Waals surface area contributed by atoms with Gasteiger partial charge in [-0.3, -0.25) is 0 Å². The van der Waals surface area contributed by atoms with Gasteiger partial charge < -0.3 is 10.1 Å². The van der Waals surface area contributed by atoms with Crippen LogP contribution in [0.25, 0.3) is 0 Å². The SMILES string of the molecule is CCOC(=O)NC1[C@@H](c2ccccc2)[C@@H]1c1ccc(C)cc1. The van der Waals surface area contributed by atoms with Crippen molar-refractivity contribution in [3.8, 4) is 0 Å². The average Bonchev–Trinajstić information content (AvgIpc) is 3.23. The number of aryl methyl sites for hydroxylation is 1. The molecule has 22 heavy (non-hydrogen) atoms. The van der Waals surface area contributed by atoms with Gasteiger partial charge in [-0.1, -0.05) is 60.2 Å². The van der Waals surface area contributed by atoms with Gasteiger partial charge >= 0.3 is 6.09 Å². The molecule has 0 saturated heterocycles. The second kappa shape index (κ2) is 6.22. The molecule has 0 aliphatic heterocycles. The molecule has 3 nitrogen and oxygen atoms in total. The van der Waals surface area contributed by atoms with Crippen LogP contribution in [0.3, 0.4) is 0 Å². The zero-order chi connectivity index (χ0) is 15.5. The second-order valence-corrected chi connectivity index (χ2v) is 5.76. The Morgan fingerprint density at radius 1 is 1.00 bits per heavy atom. The largest absolute Gasteiger partial charge is 0.450 e. The standard InChI is InChI=1S/C19H21NO2/c1-3-22-19(21)20-18-16(14-7-5-4-6-8-14)17(18)15-11-9-13(2)10-12-15/h4-12,16-18H,3H2,1-2H3,(H,20,21)/t16-,17-,18?/m0/s1. The van der Waals surface area contributed by atoms with E-state index in [1.54, 1.807) is 0 Å². The van der Waals surface area contributed by atoms with Crippen LogP contribution in [0.2, 0.25) is 0 Å². The molecule has 1 unspecified atom stereocenters. The summed E-state index contributed by atoms with van der Waals surface area (Å²) in [5.74, 6) is 0.626. The van der Waals surface area contributed by atoms with E-state index in [9.17, 15) is 4.79 Å². The molecule has 1 aliphatic rings. The van der Waals surface area contributed by atoms with Gasteiger partial charge in [0.1, 0.15) is 0 Å². The van der Waals surface area contributed by atoms with Crippen molar-refractivity contribution in [1.29, 1.82) is 0 Å². The van der Waals surface area contributed by atoms with Crippen molar-refractivity contribution >= 4 is 6.09 Å². The molecule has 1 fully saturated rings.